The van der Waals surface area contributed by atoms with Gasteiger partial charge >= 0.3 is 0 Å². The average Bonchev–Trinajstić information content (AvgIpc) is 2.32. The minimum Gasteiger partial charge on any atom is -0.330 e. The number of aryl methyl sites for hydroxylation is 2. The van der Waals surface area contributed by atoms with E-state index in [0.29, 0.717) is 11.8 Å². The number of hydrogen-bond acceptors (Lipinski definition) is 2. The molecule has 3 N–H and O–H groups in total. The lowest BCUT2D eigenvalue weighted by Crippen LogP contribution is -2.39. The highest BCUT2D eigenvalue weighted by Gasteiger charge is 2.25. The fraction of sp³-hybridized carbons (Fsp3) is 0.571. The Morgan fingerprint density at radius 3 is 2.81 bits per heavy atom. The molecular formula is C14H22N2. The van der Waals surface area contributed by atoms with Gasteiger partial charge in [-0.25, -0.2) is 0 Å². The van der Waals surface area contributed by atoms with Crippen molar-refractivity contribution < 1.29 is 0 Å². The Labute approximate surface area is 98.2 Å². The lowest BCUT2D eigenvalue weighted by molar-refractivity contribution is 0.333. The predicted octanol–water partition coefficient (Wildman–Crippen LogP) is 1.96. The van der Waals surface area contributed by atoms with E-state index in [-0.39, 0.29) is 0 Å². The Kier molecular flexibility index (Phi) is 3.62. The Balaban J connectivity index is 2.23. The van der Waals surface area contributed by atoms with Crippen LogP contribution in [0.25, 0.3) is 0 Å². The molecule has 0 radical (unpaired) electrons. The standard InChI is InChI=1S/C14H22N2/c1-10-3-4-12(7-11(10)2)14-5-6-16-9-13(14)8-15/h3-4,7,13-14,16H,5-6,8-9,15H2,1-2H3. The van der Waals surface area contributed by atoms with Gasteiger partial charge in [-0.15, -0.1) is 0 Å². The Morgan fingerprint density at radius 2 is 2.12 bits per heavy atom. The van der Waals surface area contributed by atoms with E-state index >= 15 is 0 Å². The van der Waals surface area contributed by atoms with Crippen molar-refractivity contribution in [2.24, 2.45) is 11.7 Å². The maximum Gasteiger partial charge on any atom is -0.000257 e. The smallest absolute Gasteiger partial charge is 0.000257 e. The van der Waals surface area contributed by atoms with Crippen LogP contribution in [0.3, 0.4) is 0 Å². The lowest BCUT2D eigenvalue weighted by atomic mass is 9.80. The molecule has 1 aromatic carbocycles. The summed E-state index contributed by atoms with van der Waals surface area (Å²) in [6.07, 6.45) is 1.21. The van der Waals surface area contributed by atoms with Gasteiger partial charge in [0.1, 0.15) is 0 Å². The second kappa shape index (κ2) is 4.98. The molecule has 2 nitrogen and oxygen atoms in total. The van der Waals surface area contributed by atoms with E-state index in [2.05, 4.69) is 37.4 Å². The van der Waals surface area contributed by atoms with Crippen molar-refractivity contribution in [1.29, 1.82) is 0 Å². The first-order valence-electron chi connectivity index (χ1n) is 6.20. The number of benzene rings is 1. The van der Waals surface area contributed by atoms with Crippen LogP contribution in [0, 0.1) is 19.8 Å². The molecule has 0 aromatic heterocycles. The number of nitrogens with one attached hydrogen (secondary N) is 1. The SMILES string of the molecule is Cc1ccc(C2CCNCC2CN)cc1C. The molecule has 2 atom stereocenters. The lowest BCUT2D eigenvalue weighted by Gasteiger charge is -2.32. The zero-order valence-corrected chi connectivity index (χ0v) is 10.3. The van der Waals surface area contributed by atoms with Crippen LogP contribution in [0.4, 0.5) is 0 Å². The predicted molar refractivity (Wildman–Crippen MR) is 68.7 cm³/mol. The Bertz CT molecular complexity index is 360. The molecule has 88 valence electrons. The van der Waals surface area contributed by atoms with E-state index in [4.69, 9.17) is 5.73 Å². The van der Waals surface area contributed by atoms with Gasteiger partial charge in [-0.3, -0.25) is 0 Å². The summed E-state index contributed by atoms with van der Waals surface area (Å²) in [6.45, 7) is 7.33. The molecule has 16 heavy (non-hydrogen) atoms. The summed E-state index contributed by atoms with van der Waals surface area (Å²) in [7, 11) is 0. The summed E-state index contributed by atoms with van der Waals surface area (Å²) in [4.78, 5) is 0. The summed E-state index contributed by atoms with van der Waals surface area (Å²) in [5, 5.41) is 3.43. The van der Waals surface area contributed by atoms with Crippen molar-refractivity contribution in [3.8, 4) is 0 Å². The molecule has 0 bridgehead atoms. The summed E-state index contributed by atoms with van der Waals surface area (Å²) in [5.41, 5.74) is 10.1. The Morgan fingerprint density at radius 1 is 1.31 bits per heavy atom. The van der Waals surface area contributed by atoms with Crippen molar-refractivity contribution >= 4 is 0 Å². The van der Waals surface area contributed by atoms with Crippen molar-refractivity contribution in [3.05, 3.63) is 34.9 Å². The highest BCUT2D eigenvalue weighted by Crippen LogP contribution is 2.30. The molecule has 1 aliphatic rings. The van der Waals surface area contributed by atoms with Crippen LogP contribution in [0.1, 0.15) is 29.0 Å². The molecule has 0 aliphatic carbocycles. The molecule has 2 rings (SSSR count). The van der Waals surface area contributed by atoms with Crippen LogP contribution in [-0.4, -0.2) is 19.6 Å². The molecular weight excluding hydrogens is 196 g/mol. The van der Waals surface area contributed by atoms with Crippen LogP contribution in [0.2, 0.25) is 0 Å². The van der Waals surface area contributed by atoms with E-state index < -0.39 is 0 Å². The first kappa shape index (κ1) is 11.6. The van der Waals surface area contributed by atoms with Gasteiger partial charge in [-0.05, 0) is 68.4 Å². The number of rotatable bonds is 2. The maximum absolute atomic E-state index is 5.86. The van der Waals surface area contributed by atoms with Gasteiger partial charge in [-0.1, -0.05) is 18.2 Å². The molecule has 1 aromatic rings. The molecule has 1 fully saturated rings. The monoisotopic (exact) mass is 218 g/mol. The highest BCUT2D eigenvalue weighted by atomic mass is 14.9. The van der Waals surface area contributed by atoms with Gasteiger partial charge in [0, 0.05) is 0 Å². The maximum atomic E-state index is 5.86. The largest absolute Gasteiger partial charge is 0.330 e. The summed E-state index contributed by atoms with van der Waals surface area (Å²) in [6, 6.07) is 6.86. The van der Waals surface area contributed by atoms with Crippen molar-refractivity contribution in [2.75, 3.05) is 19.6 Å². The van der Waals surface area contributed by atoms with Crippen LogP contribution in [0.5, 0.6) is 0 Å². The van der Waals surface area contributed by atoms with Crippen LogP contribution in [-0.2, 0) is 0 Å². The third kappa shape index (κ3) is 2.28. The van der Waals surface area contributed by atoms with E-state index in [1.807, 2.05) is 0 Å². The second-order valence-electron chi connectivity index (χ2n) is 4.94. The van der Waals surface area contributed by atoms with E-state index in [9.17, 15) is 0 Å². The third-order valence-corrected chi connectivity index (χ3v) is 3.87. The Hall–Kier alpha value is -0.860. The molecule has 2 heteroatoms. The minimum atomic E-state index is 0.593. The average molecular weight is 218 g/mol. The molecule has 1 heterocycles. The van der Waals surface area contributed by atoms with Crippen molar-refractivity contribution in [3.63, 3.8) is 0 Å². The first-order valence-corrected chi connectivity index (χ1v) is 6.20. The number of hydrogen-bond donors (Lipinski definition) is 2. The first-order chi connectivity index (χ1) is 7.72. The van der Waals surface area contributed by atoms with Gasteiger partial charge in [-0.2, -0.15) is 0 Å². The van der Waals surface area contributed by atoms with Crippen LogP contribution in [0.15, 0.2) is 18.2 Å². The summed E-state index contributed by atoms with van der Waals surface area (Å²) < 4.78 is 0. The molecule has 0 spiro atoms. The van der Waals surface area contributed by atoms with E-state index in [1.165, 1.54) is 23.1 Å². The molecule has 0 saturated carbocycles. The summed E-state index contributed by atoms with van der Waals surface area (Å²) >= 11 is 0. The number of nitrogens with two attached hydrogens (primary N) is 1. The van der Waals surface area contributed by atoms with Gasteiger partial charge in [0.05, 0.1) is 0 Å². The van der Waals surface area contributed by atoms with Crippen molar-refractivity contribution in [1.82, 2.24) is 5.32 Å². The van der Waals surface area contributed by atoms with E-state index in [0.717, 1.165) is 19.6 Å². The van der Waals surface area contributed by atoms with Gasteiger partial charge in [0.2, 0.25) is 0 Å². The summed E-state index contributed by atoms with van der Waals surface area (Å²) in [5.74, 6) is 1.24. The molecule has 1 aliphatic heterocycles. The van der Waals surface area contributed by atoms with Gasteiger partial charge in [0.25, 0.3) is 0 Å². The molecule has 2 unspecified atom stereocenters. The zero-order valence-electron chi connectivity index (χ0n) is 10.3. The highest BCUT2D eigenvalue weighted by molar-refractivity contribution is 5.32. The molecule has 0 amide bonds. The topological polar surface area (TPSA) is 38.0 Å². The minimum absolute atomic E-state index is 0.593. The van der Waals surface area contributed by atoms with Crippen LogP contribution >= 0.6 is 0 Å². The fourth-order valence-electron chi connectivity index (χ4n) is 2.60. The second-order valence-corrected chi connectivity index (χ2v) is 4.94. The number of piperidine rings is 1. The normalized spacial score (nSPS) is 25.7. The quantitative estimate of drug-likeness (QED) is 0.796. The zero-order chi connectivity index (χ0) is 11.5. The fourth-order valence-corrected chi connectivity index (χ4v) is 2.60. The van der Waals surface area contributed by atoms with Gasteiger partial charge < -0.3 is 11.1 Å². The van der Waals surface area contributed by atoms with Crippen molar-refractivity contribution in [2.45, 2.75) is 26.2 Å². The molecule has 1 saturated heterocycles. The van der Waals surface area contributed by atoms with E-state index in [1.54, 1.807) is 0 Å². The third-order valence-electron chi connectivity index (χ3n) is 3.87. The van der Waals surface area contributed by atoms with Crippen LogP contribution < -0.4 is 11.1 Å². The van der Waals surface area contributed by atoms with Gasteiger partial charge in [0.15, 0.2) is 0 Å².